The fourth-order valence-electron chi connectivity index (χ4n) is 1.01. The van der Waals surface area contributed by atoms with E-state index in [0.717, 1.165) is 5.56 Å². The molecule has 0 fully saturated rings. The predicted molar refractivity (Wildman–Crippen MR) is 57.5 cm³/mol. The highest BCUT2D eigenvalue weighted by molar-refractivity contribution is 6.31. The molecular weight excluding hydrogens is 209 g/mol. The molecule has 0 saturated carbocycles. The third-order valence-corrected chi connectivity index (χ3v) is 2.04. The molecular formula is C9H13Cl2NO. The number of aliphatic hydroxyl groups excluding tert-OH is 1. The summed E-state index contributed by atoms with van der Waals surface area (Å²) in [6.45, 7) is -0.00871. The minimum Gasteiger partial charge on any atom is -0.395 e. The molecule has 1 aromatic carbocycles. The quantitative estimate of drug-likeness (QED) is 0.816. The first-order valence-electron chi connectivity index (χ1n) is 3.84. The summed E-state index contributed by atoms with van der Waals surface area (Å²) >= 11 is 5.89. The van der Waals surface area contributed by atoms with Gasteiger partial charge in [-0.3, -0.25) is 0 Å². The van der Waals surface area contributed by atoms with Crippen LogP contribution in [-0.2, 0) is 6.42 Å². The molecule has 1 aromatic rings. The van der Waals surface area contributed by atoms with Gasteiger partial charge in [0.1, 0.15) is 0 Å². The molecule has 4 heteroatoms. The highest BCUT2D eigenvalue weighted by Crippen LogP contribution is 2.15. The van der Waals surface area contributed by atoms with Crippen molar-refractivity contribution in [1.82, 2.24) is 0 Å². The molecule has 0 aliphatic heterocycles. The fourth-order valence-corrected chi connectivity index (χ4v) is 1.22. The van der Waals surface area contributed by atoms with E-state index in [1.807, 2.05) is 24.3 Å². The Balaban J connectivity index is 0.00000144. The van der Waals surface area contributed by atoms with Gasteiger partial charge in [0, 0.05) is 11.1 Å². The summed E-state index contributed by atoms with van der Waals surface area (Å²) in [5, 5.41) is 9.43. The average molecular weight is 222 g/mol. The Kier molecular flexibility index (Phi) is 6.08. The van der Waals surface area contributed by atoms with Crippen LogP contribution in [0.15, 0.2) is 24.3 Å². The summed E-state index contributed by atoms with van der Waals surface area (Å²) in [7, 11) is 0. The third-order valence-electron chi connectivity index (χ3n) is 1.67. The van der Waals surface area contributed by atoms with Crippen molar-refractivity contribution in [2.24, 2.45) is 5.73 Å². The molecule has 0 aliphatic rings. The molecule has 2 nitrogen and oxygen atoms in total. The zero-order valence-electron chi connectivity index (χ0n) is 7.11. The largest absolute Gasteiger partial charge is 0.395 e. The van der Waals surface area contributed by atoms with Crippen molar-refractivity contribution in [3.8, 4) is 0 Å². The van der Waals surface area contributed by atoms with Crippen LogP contribution < -0.4 is 5.73 Å². The standard InChI is InChI=1S/C9H12ClNO.ClH/c10-9-4-2-1-3-7(9)5-8(11)6-12;/h1-4,8,12H,5-6,11H2;1H/t8-;/m1./s1. The van der Waals surface area contributed by atoms with Crippen LogP contribution in [0.4, 0.5) is 0 Å². The van der Waals surface area contributed by atoms with Crippen LogP contribution in [0.25, 0.3) is 0 Å². The smallest absolute Gasteiger partial charge is 0.0585 e. The lowest BCUT2D eigenvalue weighted by atomic mass is 10.1. The van der Waals surface area contributed by atoms with Crippen LogP contribution in [0.5, 0.6) is 0 Å². The van der Waals surface area contributed by atoms with E-state index >= 15 is 0 Å². The highest BCUT2D eigenvalue weighted by Gasteiger charge is 2.04. The Bertz CT molecular complexity index is 255. The molecule has 0 unspecified atom stereocenters. The second-order valence-electron chi connectivity index (χ2n) is 2.74. The normalized spacial score (nSPS) is 11.9. The summed E-state index contributed by atoms with van der Waals surface area (Å²) in [6.07, 6.45) is 0.621. The van der Waals surface area contributed by atoms with Crippen molar-refractivity contribution >= 4 is 24.0 Å². The van der Waals surface area contributed by atoms with Gasteiger partial charge in [0.2, 0.25) is 0 Å². The average Bonchev–Trinajstić information content (AvgIpc) is 2.09. The van der Waals surface area contributed by atoms with Gasteiger partial charge >= 0.3 is 0 Å². The second-order valence-corrected chi connectivity index (χ2v) is 3.15. The van der Waals surface area contributed by atoms with E-state index in [4.69, 9.17) is 22.4 Å². The number of rotatable bonds is 3. The van der Waals surface area contributed by atoms with E-state index in [-0.39, 0.29) is 25.1 Å². The second kappa shape index (κ2) is 6.22. The van der Waals surface area contributed by atoms with E-state index in [1.165, 1.54) is 0 Å². The van der Waals surface area contributed by atoms with E-state index < -0.39 is 0 Å². The Hall–Kier alpha value is -0.280. The molecule has 0 aromatic heterocycles. The lowest BCUT2D eigenvalue weighted by Gasteiger charge is -2.08. The van der Waals surface area contributed by atoms with Gasteiger partial charge in [-0.05, 0) is 18.1 Å². The van der Waals surface area contributed by atoms with Crippen LogP contribution in [-0.4, -0.2) is 17.8 Å². The van der Waals surface area contributed by atoms with Crippen molar-refractivity contribution in [1.29, 1.82) is 0 Å². The van der Waals surface area contributed by atoms with Gasteiger partial charge in [-0.1, -0.05) is 29.8 Å². The van der Waals surface area contributed by atoms with Gasteiger partial charge in [-0.2, -0.15) is 0 Å². The number of hydrogen-bond donors (Lipinski definition) is 2. The summed E-state index contributed by atoms with van der Waals surface area (Å²) in [5.74, 6) is 0. The number of aliphatic hydroxyl groups is 1. The van der Waals surface area contributed by atoms with E-state index in [1.54, 1.807) is 0 Å². The molecule has 13 heavy (non-hydrogen) atoms. The molecule has 0 heterocycles. The van der Waals surface area contributed by atoms with Gasteiger partial charge in [-0.15, -0.1) is 12.4 Å². The van der Waals surface area contributed by atoms with Gasteiger partial charge < -0.3 is 10.8 Å². The molecule has 1 rings (SSSR count). The summed E-state index contributed by atoms with van der Waals surface area (Å²) in [5.41, 5.74) is 6.55. The first-order chi connectivity index (χ1) is 5.74. The summed E-state index contributed by atoms with van der Waals surface area (Å²) in [6, 6.07) is 7.30. The zero-order chi connectivity index (χ0) is 8.97. The molecule has 0 amide bonds. The molecule has 0 saturated heterocycles. The Morgan fingerprint density at radius 1 is 1.38 bits per heavy atom. The molecule has 0 bridgehead atoms. The Morgan fingerprint density at radius 2 is 2.00 bits per heavy atom. The van der Waals surface area contributed by atoms with Gasteiger partial charge in [0.05, 0.1) is 6.61 Å². The lowest BCUT2D eigenvalue weighted by molar-refractivity contribution is 0.265. The number of hydrogen-bond acceptors (Lipinski definition) is 2. The Morgan fingerprint density at radius 3 is 2.54 bits per heavy atom. The summed E-state index contributed by atoms with van der Waals surface area (Å²) in [4.78, 5) is 0. The van der Waals surface area contributed by atoms with E-state index in [9.17, 15) is 0 Å². The number of nitrogens with two attached hydrogens (primary N) is 1. The zero-order valence-corrected chi connectivity index (χ0v) is 8.68. The van der Waals surface area contributed by atoms with Crippen LogP contribution >= 0.6 is 24.0 Å². The topological polar surface area (TPSA) is 46.2 Å². The van der Waals surface area contributed by atoms with Gasteiger partial charge in [0.15, 0.2) is 0 Å². The number of benzene rings is 1. The molecule has 0 aliphatic carbocycles. The Labute approximate surface area is 89.1 Å². The van der Waals surface area contributed by atoms with Crippen molar-refractivity contribution in [2.45, 2.75) is 12.5 Å². The minimum absolute atomic E-state index is 0. The number of halogens is 2. The van der Waals surface area contributed by atoms with Crippen LogP contribution in [0, 0.1) is 0 Å². The maximum absolute atomic E-state index is 8.72. The van der Waals surface area contributed by atoms with E-state index in [0.29, 0.717) is 11.4 Å². The van der Waals surface area contributed by atoms with Crippen molar-refractivity contribution in [2.75, 3.05) is 6.61 Å². The molecule has 1 atom stereocenters. The van der Waals surface area contributed by atoms with Crippen LogP contribution in [0.2, 0.25) is 5.02 Å². The SMILES string of the molecule is Cl.N[C@@H](CO)Cc1ccccc1Cl. The molecule has 3 N–H and O–H groups in total. The van der Waals surface area contributed by atoms with Crippen molar-refractivity contribution < 1.29 is 5.11 Å². The third kappa shape index (κ3) is 3.96. The van der Waals surface area contributed by atoms with Crippen molar-refractivity contribution in [3.63, 3.8) is 0 Å². The predicted octanol–water partition coefficient (Wildman–Crippen LogP) is 1.62. The van der Waals surface area contributed by atoms with E-state index in [2.05, 4.69) is 0 Å². The minimum atomic E-state index is -0.218. The molecule has 0 radical (unpaired) electrons. The summed E-state index contributed by atoms with van der Waals surface area (Å²) < 4.78 is 0. The molecule has 0 spiro atoms. The van der Waals surface area contributed by atoms with Gasteiger partial charge in [-0.25, -0.2) is 0 Å². The van der Waals surface area contributed by atoms with Crippen LogP contribution in [0.1, 0.15) is 5.56 Å². The monoisotopic (exact) mass is 221 g/mol. The lowest BCUT2D eigenvalue weighted by Crippen LogP contribution is -2.26. The van der Waals surface area contributed by atoms with Gasteiger partial charge in [0.25, 0.3) is 0 Å². The molecule has 74 valence electrons. The maximum atomic E-state index is 8.72. The maximum Gasteiger partial charge on any atom is 0.0585 e. The first kappa shape index (κ1) is 12.7. The fraction of sp³-hybridized carbons (Fsp3) is 0.333. The van der Waals surface area contributed by atoms with Crippen molar-refractivity contribution in [3.05, 3.63) is 34.9 Å². The highest BCUT2D eigenvalue weighted by atomic mass is 35.5. The first-order valence-corrected chi connectivity index (χ1v) is 4.21. The van der Waals surface area contributed by atoms with Crippen LogP contribution in [0.3, 0.4) is 0 Å².